The van der Waals surface area contributed by atoms with Crippen LogP contribution in [0.15, 0.2) is 54.0 Å². The predicted octanol–water partition coefficient (Wildman–Crippen LogP) is 2.18. The Balaban J connectivity index is 1.50. The number of anilines is 1. The van der Waals surface area contributed by atoms with Crippen molar-refractivity contribution >= 4 is 34.2 Å². The van der Waals surface area contributed by atoms with Crippen molar-refractivity contribution in [1.29, 1.82) is 0 Å². The zero-order chi connectivity index (χ0) is 25.8. The van der Waals surface area contributed by atoms with Crippen molar-refractivity contribution in [2.24, 2.45) is 0 Å². The molecule has 0 aliphatic heterocycles. The van der Waals surface area contributed by atoms with Gasteiger partial charge < -0.3 is 25.0 Å². The Morgan fingerprint density at radius 1 is 1.03 bits per heavy atom. The molecule has 2 aromatic heterocycles. The lowest BCUT2D eigenvalue weighted by Gasteiger charge is -2.21. The number of thiazole rings is 1. The monoisotopic (exact) mass is 511 g/mol. The first kappa shape index (κ1) is 26.8. The fourth-order valence-corrected chi connectivity index (χ4v) is 3.98. The SMILES string of the molecule is COCCN(CC(=O)Nc1nc(CC(=O)NCCc2ccccn2)cs1)C(=O)c1ccc(OC)cc1. The molecule has 0 saturated heterocycles. The summed E-state index contributed by atoms with van der Waals surface area (Å²) in [5, 5.41) is 7.63. The van der Waals surface area contributed by atoms with E-state index >= 15 is 0 Å². The molecule has 2 heterocycles. The van der Waals surface area contributed by atoms with Crippen LogP contribution in [0.25, 0.3) is 0 Å². The summed E-state index contributed by atoms with van der Waals surface area (Å²) in [4.78, 5) is 47.7. The number of amides is 3. The van der Waals surface area contributed by atoms with Crippen molar-refractivity contribution in [2.75, 3.05) is 45.8 Å². The number of carbonyl (C=O) groups is 3. The Morgan fingerprint density at radius 3 is 2.53 bits per heavy atom. The molecule has 0 saturated carbocycles. The Bertz CT molecular complexity index is 1140. The van der Waals surface area contributed by atoms with Crippen LogP contribution < -0.4 is 15.4 Å². The summed E-state index contributed by atoms with van der Waals surface area (Å²) in [6.07, 6.45) is 2.46. The van der Waals surface area contributed by atoms with E-state index in [1.807, 2.05) is 18.2 Å². The molecule has 1 aromatic carbocycles. The van der Waals surface area contributed by atoms with E-state index < -0.39 is 5.91 Å². The van der Waals surface area contributed by atoms with E-state index in [4.69, 9.17) is 9.47 Å². The minimum absolute atomic E-state index is 0.102. The maximum absolute atomic E-state index is 12.9. The number of aromatic nitrogens is 2. The second-order valence-electron chi connectivity index (χ2n) is 7.74. The third kappa shape index (κ3) is 8.43. The summed E-state index contributed by atoms with van der Waals surface area (Å²) in [7, 11) is 3.08. The average molecular weight is 512 g/mol. The minimum atomic E-state index is -0.395. The Kier molecular flexibility index (Phi) is 10.3. The second kappa shape index (κ2) is 13.9. The lowest BCUT2D eigenvalue weighted by atomic mass is 10.2. The van der Waals surface area contributed by atoms with E-state index in [9.17, 15) is 14.4 Å². The van der Waals surface area contributed by atoms with E-state index in [0.29, 0.717) is 35.1 Å². The van der Waals surface area contributed by atoms with E-state index in [2.05, 4.69) is 20.6 Å². The average Bonchev–Trinajstić information content (AvgIpc) is 3.33. The zero-order valence-electron chi connectivity index (χ0n) is 20.2. The molecule has 3 amide bonds. The van der Waals surface area contributed by atoms with Crippen LogP contribution in [0.4, 0.5) is 5.13 Å². The number of hydrogen-bond acceptors (Lipinski definition) is 8. The highest BCUT2D eigenvalue weighted by Crippen LogP contribution is 2.17. The summed E-state index contributed by atoms with van der Waals surface area (Å²) in [5.41, 5.74) is 1.89. The molecular weight excluding hydrogens is 482 g/mol. The van der Waals surface area contributed by atoms with Crippen LogP contribution in [0.5, 0.6) is 5.75 Å². The van der Waals surface area contributed by atoms with Crippen molar-refractivity contribution in [3.8, 4) is 5.75 Å². The van der Waals surface area contributed by atoms with Gasteiger partial charge in [-0.25, -0.2) is 4.98 Å². The smallest absolute Gasteiger partial charge is 0.254 e. The fourth-order valence-electron chi connectivity index (χ4n) is 3.25. The highest BCUT2D eigenvalue weighted by molar-refractivity contribution is 7.13. The van der Waals surface area contributed by atoms with Gasteiger partial charge in [0.25, 0.3) is 5.91 Å². The molecule has 190 valence electrons. The predicted molar refractivity (Wildman–Crippen MR) is 136 cm³/mol. The molecule has 0 unspecified atom stereocenters. The molecule has 11 heteroatoms. The quantitative estimate of drug-likeness (QED) is 0.361. The van der Waals surface area contributed by atoms with Gasteiger partial charge in [-0.3, -0.25) is 19.4 Å². The topological polar surface area (TPSA) is 123 Å². The summed E-state index contributed by atoms with van der Waals surface area (Å²) in [6, 6.07) is 12.3. The number of nitrogens with zero attached hydrogens (tertiary/aromatic N) is 3. The molecule has 0 aliphatic carbocycles. The van der Waals surface area contributed by atoms with Crippen LogP contribution in [-0.2, 0) is 27.2 Å². The number of hydrogen-bond donors (Lipinski definition) is 2. The summed E-state index contributed by atoms with van der Waals surface area (Å²) < 4.78 is 10.2. The number of ether oxygens (including phenoxy) is 2. The minimum Gasteiger partial charge on any atom is -0.497 e. The molecule has 3 rings (SSSR count). The lowest BCUT2D eigenvalue weighted by Crippen LogP contribution is -2.40. The maximum Gasteiger partial charge on any atom is 0.254 e. The van der Waals surface area contributed by atoms with E-state index in [-0.39, 0.29) is 37.9 Å². The van der Waals surface area contributed by atoms with E-state index in [1.165, 1.54) is 23.3 Å². The van der Waals surface area contributed by atoms with E-state index in [0.717, 1.165) is 5.69 Å². The van der Waals surface area contributed by atoms with Crippen LogP contribution in [-0.4, -0.2) is 73.1 Å². The second-order valence-corrected chi connectivity index (χ2v) is 8.60. The first-order valence-corrected chi connectivity index (χ1v) is 12.2. The van der Waals surface area contributed by atoms with Crippen LogP contribution in [0.3, 0.4) is 0 Å². The number of benzene rings is 1. The summed E-state index contributed by atoms with van der Waals surface area (Å²) >= 11 is 1.22. The van der Waals surface area contributed by atoms with Crippen LogP contribution >= 0.6 is 11.3 Å². The molecule has 0 bridgehead atoms. The molecule has 3 aromatic rings. The standard InChI is InChI=1S/C25H29N5O5S/c1-34-14-13-30(24(33)18-6-8-21(35-2)9-7-18)16-23(32)29-25-28-20(17-36-25)15-22(31)27-12-10-19-5-3-4-11-26-19/h3-9,11,17H,10,12-16H2,1-2H3,(H,27,31)(H,28,29,32). The van der Waals surface area contributed by atoms with Gasteiger partial charge in [-0.15, -0.1) is 11.3 Å². The Hall–Kier alpha value is -3.83. The number of methoxy groups -OCH3 is 2. The highest BCUT2D eigenvalue weighted by Gasteiger charge is 2.20. The van der Waals surface area contributed by atoms with Crippen molar-refractivity contribution < 1.29 is 23.9 Å². The van der Waals surface area contributed by atoms with Gasteiger partial charge in [0.1, 0.15) is 12.3 Å². The van der Waals surface area contributed by atoms with Crippen LogP contribution in [0, 0.1) is 0 Å². The normalized spacial score (nSPS) is 10.5. The summed E-state index contributed by atoms with van der Waals surface area (Å²) in [6.45, 7) is 0.836. The third-order valence-electron chi connectivity index (χ3n) is 5.09. The lowest BCUT2D eigenvalue weighted by molar-refractivity contribution is -0.120. The Labute approximate surface area is 213 Å². The van der Waals surface area contributed by atoms with Gasteiger partial charge in [0.15, 0.2) is 5.13 Å². The Morgan fingerprint density at radius 2 is 1.83 bits per heavy atom. The molecular formula is C25H29N5O5S. The maximum atomic E-state index is 12.9. The number of rotatable bonds is 13. The zero-order valence-corrected chi connectivity index (χ0v) is 21.0. The van der Waals surface area contributed by atoms with Crippen LogP contribution in [0.2, 0.25) is 0 Å². The van der Waals surface area contributed by atoms with Crippen molar-refractivity contribution in [2.45, 2.75) is 12.8 Å². The van der Waals surface area contributed by atoms with Gasteiger partial charge in [0.05, 0.1) is 25.8 Å². The van der Waals surface area contributed by atoms with Crippen molar-refractivity contribution in [3.63, 3.8) is 0 Å². The van der Waals surface area contributed by atoms with Gasteiger partial charge in [0, 0.05) is 49.5 Å². The molecule has 0 fully saturated rings. The first-order valence-electron chi connectivity index (χ1n) is 11.3. The number of nitrogens with one attached hydrogen (secondary N) is 2. The van der Waals surface area contributed by atoms with Gasteiger partial charge >= 0.3 is 0 Å². The largest absolute Gasteiger partial charge is 0.497 e. The molecule has 0 spiro atoms. The molecule has 2 N–H and O–H groups in total. The molecule has 0 radical (unpaired) electrons. The molecule has 10 nitrogen and oxygen atoms in total. The van der Waals surface area contributed by atoms with Gasteiger partial charge in [-0.1, -0.05) is 6.07 Å². The first-order chi connectivity index (χ1) is 17.5. The molecule has 0 atom stereocenters. The molecule has 0 aliphatic rings. The number of carbonyl (C=O) groups excluding carboxylic acids is 3. The molecule has 36 heavy (non-hydrogen) atoms. The fraction of sp³-hybridized carbons (Fsp3) is 0.320. The van der Waals surface area contributed by atoms with Crippen LogP contribution in [0.1, 0.15) is 21.7 Å². The van der Waals surface area contributed by atoms with Gasteiger partial charge in [0.2, 0.25) is 11.8 Å². The summed E-state index contributed by atoms with van der Waals surface area (Å²) in [5.74, 6) is -0.222. The number of pyridine rings is 1. The van der Waals surface area contributed by atoms with Crippen molar-refractivity contribution in [3.05, 3.63) is 71.0 Å². The van der Waals surface area contributed by atoms with E-state index in [1.54, 1.807) is 43.0 Å². The van der Waals surface area contributed by atoms with Crippen molar-refractivity contribution in [1.82, 2.24) is 20.2 Å². The highest BCUT2D eigenvalue weighted by atomic mass is 32.1. The van der Waals surface area contributed by atoms with Gasteiger partial charge in [-0.2, -0.15) is 0 Å². The van der Waals surface area contributed by atoms with Gasteiger partial charge in [-0.05, 0) is 36.4 Å². The third-order valence-corrected chi connectivity index (χ3v) is 5.90.